The summed E-state index contributed by atoms with van der Waals surface area (Å²) < 4.78 is 0. The van der Waals surface area contributed by atoms with Gasteiger partial charge in [-0.15, -0.1) is 0 Å². The highest BCUT2D eigenvalue weighted by Crippen LogP contribution is 2.28. The summed E-state index contributed by atoms with van der Waals surface area (Å²) in [6, 6.07) is -0.0361. The number of aliphatic carboxylic acids is 1. The fourth-order valence-corrected chi connectivity index (χ4v) is 2.39. The van der Waals surface area contributed by atoms with Crippen molar-refractivity contribution in [2.24, 2.45) is 11.8 Å². The number of hydrogen-bond acceptors (Lipinski definition) is 2. The molecule has 2 N–H and O–H groups in total. The van der Waals surface area contributed by atoms with E-state index in [-0.39, 0.29) is 18.4 Å². The summed E-state index contributed by atoms with van der Waals surface area (Å²) in [7, 11) is 0. The van der Waals surface area contributed by atoms with Gasteiger partial charge in [0.25, 0.3) is 0 Å². The van der Waals surface area contributed by atoms with Crippen LogP contribution in [0.2, 0.25) is 0 Å². The number of likely N-dealkylation sites (tertiary alicyclic amines) is 1. The van der Waals surface area contributed by atoms with Gasteiger partial charge in [-0.25, -0.2) is 4.79 Å². The molecule has 1 saturated carbocycles. The largest absolute Gasteiger partial charge is 0.481 e. The van der Waals surface area contributed by atoms with Crippen LogP contribution in [0.15, 0.2) is 0 Å². The zero-order valence-electron chi connectivity index (χ0n) is 10.0. The second-order valence-electron chi connectivity index (χ2n) is 5.19. The van der Waals surface area contributed by atoms with Crippen molar-refractivity contribution >= 4 is 12.0 Å². The molecule has 2 aliphatic rings. The lowest BCUT2D eigenvalue weighted by Crippen LogP contribution is -2.54. The van der Waals surface area contributed by atoms with Gasteiger partial charge in [0, 0.05) is 25.6 Å². The third-order valence-corrected chi connectivity index (χ3v) is 3.76. The lowest BCUT2D eigenvalue weighted by Gasteiger charge is -2.38. The zero-order valence-corrected chi connectivity index (χ0v) is 10.0. The van der Waals surface area contributed by atoms with Gasteiger partial charge in [0.15, 0.2) is 0 Å². The van der Waals surface area contributed by atoms with Gasteiger partial charge in [0.2, 0.25) is 0 Å². The number of nitrogens with one attached hydrogen (secondary N) is 1. The molecule has 0 aromatic rings. The van der Waals surface area contributed by atoms with Gasteiger partial charge in [-0.3, -0.25) is 4.79 Å². The normalized spacial score (nSPS) is 20.6. The van der Waals surface area contributed by atoms with Gasteiger partial charge in [-0.1, -0.05) is 19.3 Å². The zero-order chi connectivity index (χ0) is 12.3. The maximum Gasteiger partial charge on any atom is 0.317 e. The molecule has 0 unspecified atom stereocenters. The highest BCUT2D eigenvalue weighted by Gasteiger charge is 2.31. The molecule has 0 bridgehead atoms. The van der Waals surface area contributed by atoms with Crippen LogP contribution in [-0.4, -0.2) is 41.6 Å². The Hall–Kier alpha value is -1.26. The monoisotopic (exact) mass is 240 g/mol. The minimum atomic E-state index is -0.778. The predicted octanol–water partition coefficient (Wildman–Crippen LogP) is 1.29. The molecular weight excluding hydrogens is 220 g/mol. The standard InChI is InChI=1S/C12H20N2O3/c15-11(16)6-10-7-14(8-10)12(17)13-5-4-9-2-1-3-9/h9-10H,1-8H2,(H,13,17)(H,15,16). The van der Waals surface area contributed by atoms with Crippen LogP contribution >= 0.6 is 0 Å². The van der Waals surface area contributed by atoms with Crippen LogP contribution in [0.3, 0.4) is 0 Å². The van der Waals surface area contributed by atoms with Crippen molar-refractivity contribution in [2.75, 3.05) is 19.6 Å². The molecule has 0 radical (unpaired) electrons. The molecule has 2 rings (SSSR count). The number of rotatable bonds is 5. The number of nitrogens with zero attached hydrogens (tertiary/aromatic N) is 1. The summed E-state index contributed by atoms with van der Waals surface area (Å²) in [4.78, 5) is 23.7. The Morgan fingerprint density at radius 3 is 2.47 bits per heavy atom. The molecule has 17 heavy (non-hydrogen) atoms. The first kappa shape index (κ1) is 12.2. The predicted molar refractivity (Wildman–Crippen MR) is 62.7 cm³/mol. The van der Waals surface area contributed by atoms with E-state index in [0.29, 0.717) is 13.1 Å². The van der Waals surface area contributed by atoms with E-state index in [4.69, 9.17) is 5.11 Å². The highest BCUT2D eigenvalue weighted by molar-refractivity contribution is 5.75. The van der Waals surface area contributed by atoms with Gasteiger partial charge in [0.05, 0.1) is 6.42 Å². The summed E-state index contributed by atoms with van der Waals surface area (Å²) in [5, 5.41) is 11.5. The van der Waals surface area contributed by atoms with Gasteiger partial charge >= 0.3 is 12.0 Å². The van der Waals surface area contributed by atoms with E-state index in [1.807, 2.05) is 0 Å². The molecule has 2 fully saturated rings. The van der Waals surface area contributed by atoms with Crippen molar-refractivity contribution < 1.29 is 14.7 Å². The SMILES string of the molecule is O=C(O)CC1CN(C(=O)NCCC2CCC2)C1. The van der Waals surface area contributed by atoms with Crippen LogP contribution in [0.1, 0.15) is 32.1 Å². The molecule has 0 aromatic heterocycles. The number of carboxylic acids is 1. The van der Waals surface area contributed by atoms with E-state index in [2.05, 4.69) is 5.32 Å². The van der Waals surface area contributed by atoms with Crippen LogP contribution in [0.25, 0.3) is 0 Å². The second-order valence-corrected chi connectivity index (χ2v) is 5.19. The Bertz CT molecular complexity index is 296. The van der Waals surface area contributed by atoms with Gasteiger partial charge in [0.1, 0.15) is 0 Å². The number of carboxylic acid groups (broad SMARTS) is 1. The van der Waals surface area contributed by atoms with Crippen molar-refractivity contribution in [1.29, 1.82) is 0 Å². The first-order valence-corrected chi connectivity index (χ1v) is 6.39. The van der Waals surface area contributed by atoms with E-state index in [0.717, 1.165) is 18.9 Å². The van der Waals surface area contributed by atoms with Crippen LogP contribution < -0.4 is 5.32 Å². The molecule has 1 aliphatic carbocycles. The van der Waals surface area contributed by atoms with Crippen molar-refractivity contribution in [3.8, 4) is 0 Å². The quantitative estimate of drug-likeness (QED) is 0.760. The molecule has 2 amide bonds. The van der Waals surface area contributed by atoms with Crippen molar-refractivity contribution in [1.82, 2.24) is 10.2 Å². The van der Waals surface area contributed by atoms with Crippen molar-refractivity contribution in [3.63, 3.8) is 0 Å². The second kappa shape index (κ2) is 5.38. The van der Waals surface area contributed by atoms with E-state index in [1.54, 1.807) is 4.90 Å². The molecule has 0 spiro atoms. The lowest BCUT2D eigenvalue weighted by molar-refractivity contribution is -0.139. The molecule has 5 nitrogen and oxygen atoms in total. The molecule has 1 saturated heterocycles. The summed E-state index contributed by atoms with van der Waals surface area (Å²) in [5.41, 5.74) is 0. The summed E-state index contributed by atoms with van der Waals surface area (Å²) in [5.74, 6) is 0.177. The average molecular weight is 240 g/mol. The summed E-state index contributed by atoms with van der Waals surface area (Å²) in [6.45, 7) is 1.92. The van der Waals surface area contributed by atoms with E-state index >= 15 is 0 Å². The minimum absolute atomic E-state index is 0.0361. The Morgan fingerprint density at radius 2 is 1.94 bits per heavy atom. The van der Waals surface area contributed by atoms with Crippen LogP contribution in [0, 0.1) is 11.8 Å². The van der Waals surface area contributed by atoms with Crippen LogP contribution in [-0.2, 0) is 4.79 Å². The molecule has 5 heteroatoms. The van der Waals surface area contributed by atoms with E-state index in [1.165, 1.54) is 19.3 Å². The smallest absolute Gasteiger partial charge is 0.317 e. The Kier molecular flexibility index (Phi) is 3.86. The number of urea groups is 1. The van der Waals surface area contributed by atoms with Gasteiger partial charge in [-0.2, -0.15) is 0 Å². The fraction of sp³-hybridized carbons (Fsp3) is 0.833. The Labute approximate surface area is 101 Å². The maximum absolute atomic E-state index is 11.6. The van der Waals surface area contributed by atoms with Gasteiger partial charge < -0.3 is 15.3 Å². The van der Waals surface area contributed by atoms with Gasteiger partial charge in [-0.05, 0) is 12.3 Å². The molecular formula is C12H20N2O3. The molecule has 1 heterocycles. The van der Waals surface area contributed by atoms with Crippen LogP contribution in [0.4, 0.5) is 4.79 Å². The minimum Gasteiger partial charge on any atom is -0.481 e. The number of carbonyl (C=O) groups excluding carboxylic acids is 1. The first-order chi connectivity index (χ1) is 8.15. The molecule has 0 aromatic carbocycles. The lowest BCUT2D eigenvalue weighted by atomic mass is 9.83. The van der Waals surface area contributed by atoms with Crippen molar-refractivity contribution in [2.45, 2.75) is 32.1 Å². The molecule has 0 atom stereocenters. The molecule has 96 valence electrons. The maximum atomic E-state index is 11.6. The van der Waals surface area contributed by atoms with E-state index in [9.17, 15) is 9.59 Å². The van der Waals surface area contributed by atoms with Crippen molar-refractivity contribution in [3.05, 3.63) is 0 Å². The summed E-state index contributed by atoms with van der Waals surface area (Å²) >= 11 is 0. The summed E-state index contributed by atoms with van der Waals surface area (Å²) in [6.07, 6.45) is 5.20. The number of amides is 2. The third-order valence-electron chi connectivity index (χ3n) is 3.76. The topological polar surface area (TPSA) is 69.6 Å². The Morgan fingerprint density at radius 1 is 1.24 bits per heavy atom. The number of carbonyl (C=O) groups is 2. The third kappa shape index (κ3) is 3.35. The Balaban J connectivity index is 1.54. The number of hydrogen-bond donors (Lipinski definition) is 2. The highest BCUT2D eigenvalue weighted by atomic mass is 16.4. The first-order valence-electron chi connectivity index (χ1n) is 6.39. The molecule has 1 aliphatic heterocycles. The van der Waals surface area contributed by atoms with E-state index < -0.39 is 5.97 Å². The van der Waals surface area contributed by atoms with Crippen LogP contribution in [0.5, 0.6) is 0 Å². The average Bonchev–Trinajstić information content (AvgIpc) is 2.14. The fourth-order valence-electron chi connectivity index (χ4n) is 2.39.